The van der Waals surface area contributed by atoms with Crippen LogP contribution in [0.1, 0.15) is 19.8 Å². The zero-order chi connectivity index (χ0) is 8.81. The molecule has 0 unspecified atom stereocenters. The number of benzene rings is 1. The second-order valence-corrected chi connectivity index (χ2v) is 2.70. The molecule has 0 amide bonds. The van der Waals surface area contributed by atoms with Crippen LogP contribution < -0.4 is 4.74 Å². The lowest BCUT2D eigenvalue weighted by Gasteiger charge is -2.04. The number of hydrogen-bond donors (Lipinski definition) is 1. The molecule has 0 saturated heterocycles. The van der Waals surface area contributed by atoms with E-state index in [1.165, 1.54) is 0 Å². The molecule has 2 heteroatoms. The lowest BCUT2D eigenvalue weighted by molar-refractivity contribution is 0.307. The van der Waals surface area contributed by atoms with Gasteiger partial charge >= 0.3 is 0 Å². The smallest absolute Gasteiger partial charge is 0.122 e. The van der Waals surface area contributed by atoms with Crippen LogP contribution in [0.4, 0.5) is 0 Å². The van der Waals surface area contributed by atoms with E-state index >= 15 is 0 Å². The minimum Gasteiger partial charge on any atom is -0.508 e. The molecule has 0 spiro atoms. The van der Waals surface area contributed by atoms with Gasteiger partial charge in [-0.25, -0.2) is 0 Å². The monoisotopic (exact) mass is 166 g/mol. The first kappa shape index (κ1) is 8.91. The van der Waals surface area contributed by atoms with E-state index in [9.17, 15) is 0 Å². The van der Waals surface area contributed by atoms with Gasteiger partial charge in [-0.15, -0.1) is 0 Å². The van der Waals surface area contributed by atoms with Gasteiger partial charge in [-0.3, -0.25) is 0 Å². The number of aromatic hydroxyl groups is 1. The highest BCUT2D eigenvalue weighted by Crippen LogP contribution is 2.17. The summed E-state index contributed by atoms with van der Waals surface area (Å²) in [5, 5.41) is 9.09. The van der Waals surface area contributed by atoms with E-state index in [2.05, 4.69) is 6.92 Å². The van der Waals surface area contributed by atoms with E-state index < -0.39 is 0 Å². The maximum atomic E-state index is 9.09. The van der Waals surface area contributed by atoms with Gasteiger partial charge in [0, 0.05) is 6.07 Å². The highest BCUT2D eigenvalue weighted by atomic mass is 16.5. The summed E-state index contributed by atoms with van der Waals surface area (Å²) in [5.74, 6) is 0.993. The third-order valence-electron chi connectivity index (χ3n) is 1.58. The van der Waals surface area contributed by atoms with Crippen molar-refractivity contribution in [1.82, 2.24) is 0 Å². The SMILES string of the molecule is CCCCOc1cccc(O)c1. The Kier molecular flexibility index (Phi) is 3.45. The second kappa shape index (κ2) is 4.65. The predicted octanol–water partition coefficient (Wildman–Crippen LogP) is 2.57. The molecule has 0 heterocycles. The van der Waals surface area contributed by atoms with E-state index in [-0.39, 0.29) is 5.75 Å². The number of phenols is 1. The van der Waals surface area contributed by atoms with Gasteiger partial charge in [0.15, 0.2) is 0 Å². The number of rotatable bonds is 4. The summed E-state index contributed by atoms with van der Waals surface area (Å²) in [7, 11) is 0. The van der Waals surface area contributed by atoms with Gasteiger partial charge in [-0.2, -0.15) is 0 Å². The molecule has 0 saturated carbocycles. The van der Waals surface area contributed by atoms with E-state index in [0.717, 1.165) is 25.2 Å². The Morgan fingerprint density at radius 1 is 1.42 bits per heavy atom. The lowest BCUT2D eigenvalue weighted by atomic mass is 10.3. The topological polar surface area (TPSA) is 29.5 Å². The molecule has 1 N–H and O–H groups in total. The highest BCUT2D eigenvalue weighted by molar-refractivity contribution is 5.31. The van der Waals surface area contributed by atoms with Crippen LogP contribution in [0.15, 0.2) is 24.3 Å². The van der Waals surface area contributed by atoms with Crippen molar-refractivity contribution in [1.29, 1.82) is 0 Å². The fourth-order valence-corrected chi connectivity index (χ4v) is 0.908. The van der Waals surface area contributed by atoms with Crippen molar-refractivity contribution in [2.75, 3.05) is 6.61 Å². The van der Waals surface area contributed by atoms with E-state index in [1.807, 2.05) is 6.07 Å². The Balaban J connectivity index is 2.41. The van der Waals surface area contributed by atoms with Crippen LogP contribution in [0.25, 0.3) is 0 Å². The minimum atomic E-state index is 0.254. The Morgan fingerprint density at radius 2 is 2.25 bits per heavy atom. The summed E-state index contributed by atoms with van der Waals surface area (Å²) in [5.41, 5.74) is 0. The van der Waals surface area contributed by atoms with Crippen molar-refractivity contribution in [2.24, 2.45) is 0 Å². The fraction of sp³-hybridized carbons (Fsp3) is 0.400. The average molecular weight is 166 g/mol. The molecule has 0 aliphatic heterocycles. The molecule has 0 atom stereocenters. The Hall–Kier alpha value is -1.18. The van der Waals surface area contributed by atoms with E-state index in [0.29, 0.717) is 0 Å². The number of hydrogen-bond acceptors (Lipinski definition) is 2. The van der Waals surface area contributed by atoms with Gasteiger partial charge in [0.1, 0.15) is 11.5 Å². The number of phenolic OH excluding ortho intramolecular Hbond substituents is 1. The summed E-state index contributed by atoms with van der Waals surface area (Å²) in [6, 6.07) is 6.87. The second-order valence-electron chi connectivity index (χ2n) is 2.70. The zero-order valence-electron chi connectivity index (χ0n) is 7.29. The largest absolute Gasteiger partial charge is 0.508 e. The lowest BCUT2D eigenvalue weighted by Crippen LogP contribution is -1.95. The van der Waals surface area contributed by atoms with Crippen LogP contribution in [-0.4, -0.2) is 11.7 Å². The van der Waals surface area contributed by atoms with Gasteiger partial charge in [-0.1, -0.05) is 19.4 Å². The summed E-state index contributed by atoms with van der Waals surface area (Å²) >= 11 is 0. The van der Waals surface area contributed by atoms with Crippen LogP contribution in [-0.2, 0) is 0 Å². The maximum absolute atomic E-state index is 9.09. The summed E-state index contributed by atoms with van der Waals surface area (Å²) in [6.07, 6.45) is 2.18. The number of unbranched alkanes of at least 4 members (excludes halogenated alkanes) is 1. The normalized spacial score (nSPS) is 9.75. The zero-order valence-corrected chi connectivity index (χ0v) is 7.29. The average Bonchev–Trinajstić information content (AvgIpc) is 2.05. The van der Waals surface area contributed by atoms with Crippen LogP contribution in [0, 0.1) is 0 Å². The molecule has 0 aliphatic rings. The molecule has 1 rings (SSSR count). The van der Waals surface area contributed by atoms with Crippen LogP contribution in [0.5, 0.6) is 11.5 Å². The molecular weight excluding hydrogens is 152 g/mol. The Labute approximate surface area is 72.8 Å². The van der Waals surface area contributed by atoms with Gasteiger partial charge in [0.05, 0.1) is 6.61 Å². The maximum Gasteiger partial charge on any atom is 0.122 e. The van der Waals surface area contributed by atoms with Gasteiger partial charge in [-0.05, 0) is 18.6 Å². The standard InChI is InChI=1S/C10H14O2/c1-2-3-7-12-10-6-4-5-9(11)8-10/h4-6,8,11H,2-3,7H2,1H3. The third-order valence-corrected chi connectivity index (χ3v) is 1.58. The Bertz CT molecular complexity index is 233. The molecular formula is C10H14O2. The highest BCUT2D eigenvalue weighted by Gasteiger charge is 1.93. The van der Waals surface area contributed by atoms with Crippen molar-refractivity contribution in [2.45, 2.75) is 19.8 Å². The van der Waals surface area contributed by atoms with Gasteiger partial charge in [0.2, 0.25) is 0 Å². The Morgan fingerprint density at radius 3 is 2.92 bits per heavy atom. The van der Waals surface area contributed by atoms with Crippen LogP contribution in [0.2, 0.25) is 0 Å². The quantitative estimate of drug-likeness (QED) is 0.696. The van der Waals surface area contributed by atoms with Crippen molar-refractivity contribution in [3.63, 3.8) is 0 Å². The first-order valence-electron chi connectivity index (χ1n) is 4.24. The molecule has 1 aromatic rings. The van der Waals surface area contributed by atoms with Crippen molar-refractivity contribution in [3.05, 3.63) is 24.3 Å². The van der Waals surface area contributed by atoms with Crippen molar-refractivity contribution >= 4 is 0 Å². The summed E-state index contributed by atoms with van der Waals surface area (Å²) < 4.78 is 5.37. The van der Waals surface area contributed by atoms with Crippen LogP contribution >= 0.6 is 0 Å². The van der Waals surface area contributed by atoms with Crippen LogP contribution in [0.3, 0.4) is 0 Å². The molecule has 0 aliphatic carbocycles. The summed E-state index contributed by atoms with van der Waals surface area (Å²) in [6.45, 7) is 2.84. The molecule has 0 fully saturated rings. The van der Waals surface area contributed by atoms with Gasteiger partial charge < -0.3 is 9.84 Å². The van der Waals surface area contributed by atoms with Gasteiger partial charge in [0.25, 0.3) is 0 Å². The molecule has 0 bridgehead atoms. The fourth-order valence-electron chi connectivity index (χ4n) is 0.908. The third kappa shape index (κ3) is 2.82. The molecule has 12 heavy (non-hydrogen) atoms. The van der Waals surface area contributed by atoms with Crippen molar-refractivity contribution < 1.29 is 9.84 Å². The van der Waals surface area contributed by atoms with E-state index in [4.69, 9.17) is 9.84 Å². The number of ether oxygens (including phenoxy) is 1. The van der Waals surface area contributed by atoms with E-state index in [1.54, 1.807) is 18.2 Å². The predicted molar refractivity (Wildman–Crippen MR) is 48.5 cm³/mol. The first-order valence-corrected chi connectivity index (χ1v) is 4.24. The molecule has 2 nitrogen and oxygen atoms in total. The minimum absolute atomic E-state index is 0.254. The molecule has 0 aromatic heterocycles. The van der Waals surface area contributed by atoms with Crippen molar-refractivity contribution in [3.8, 4) is 11.5 Å². The first-order chi connectivity index (χ1) is 5.83. The molecule has 66 valence electrons. The molecule has 0 radical (unpaired) electrons. The molecule has 1 aromatic carbocycles. The summed E-state index contributed by atoms with van der Waals surface area (Å²) in [4.78, 5) is 0.